The molecule has 156 valence electrons. The molecule has 0 unspecified atom stereocenters. The van der Waals surface area contributed by atoms with Crippen molar-refractivity contribution in [1.82, 2.24) is 5.32 Å². The number of rotatable bonds is 9. The molecule has 0 aliphatic rings. The Balaban J connectivity index is 2.20. The number of methoxy groups -OCH3 is 5. The van der Waals surface area contributed by atoms with E-state index in [-0.39, 0.29) is 11.9 Å². The Kier molecular flexibility index (Phi) is 7.77. The first kappa shape index (κ1) is 21.9. The zero-order chi connectivity index (χ0) is 21.4. The Labute approximate surface area is 171 Å². The van der Waals surface area contributed by atoms with Crippen LogP contribution >= 0.6 is 0 Å². The molecule has 2 rings (SSSR count). The number of carbonyl (C=O) groups is 1. The molecule has 0 spiro atoms. The van der Waals surface area contributed by atoms with Crippen LogP contribution in [0.15, 0.2) is 36.4 Å². The summed E-state index contributed by atoms with van der Waals surface area (Å²) in [5.74, 6) is 2.75. The maximum absolute atomic E-state index is 12.5. The third kappa shape index (κ3) is 5.34. The summed E-state index contributed by atoms with van der Waals surface area (Å²) >= 11 is 0. The lowest BCUT2D eigenvalue weighted by Crippen LogP contribution is -2.25. The molecular formula is C22H27NO6. The SMILES string of the molecule is COc1ccc(OC)c([C@H](C)NC(=O)/C=C/c2cc(OC)c(OC)cc2OC)c1. The van der Waals surface area contributed by atoms with Gasteiger partial charge < -0.3 is 29.0 Å². The van der Waals surface area contributed by atoms with Gasteiger partial charge in [-0.3, -0.25) is 4.79 Å². The van der Waals surface area contributed by atoms with Crippen LogP contribution in [-0.4, -0.2) is 41.5 Å². The van der Waals surface area contributed by atoms with Crippen molar-refractivity contribution in [3.05, 3.63) is 47.5 Å². The summed E-state index contributed by atoms with van der Waals surface area (Å²) in [5.41, 5.74) is 1.50. The summed E-state index contributed by atoms with van der Waals surface area (Å²) in [6, 6.07) is 8.62. The number of hydrogen-bond acceptors (Lipinski definition) is 6. The van der Waals surface area contributed by atoms with E-state index in [9.17, 15) is 4.79 Å². The van der Waals surface area contributed by atoms with Gasteiger partial charge in [0, 0.05) is 23.3 Å². The first-order valence-corrected chi connectivity index (χ1v) is 8.97. The molecule has 0 bridgehead atoms. The fourth-order valence-corrected chi connectivity index (χ4v) is 2.87. The lowest BCUT2D eigenvalue weighted by Gasteiger charge is -2.17. The fraction of sp³-hybridized carbons (Fsp3) is 0.318. The third-order valence-electron chi connectivity index (χ3n) is 4.41. The van der Waals surface area contributed by atoms with Gasteiger partial charge in [0.2, 0.25) is 5.91 Å². The van der Waals surface area contributed by atoms with Gasteiger partial charge in [-0.2, -0.15) is 0 Å². The van der Waals surface area contributed by atoms with Gasteiger partial charge in [0.05, 0.1) is 41.6 Å². The monoisotopic (exact) mass is 401 g/mol. The summed E-state index contributed by atoms with van der Waals surface area (Å²) in [5, 5.41) is 2.92. The van der Waals surface area contributed by atoms with Crippen LogP contribution in [0.25, 0.3) is 6.08 Å². The van der Waals surface area contributed by atoms with Gasteiger partial charge in [-0.25, -0.2) is 0 Å². The molecule has 0 aliphatic carbocycles. The van der Waals surface area contributed by atoms with Gasteiger partial charge in [-0.1, -0.05) is 0 Å². The highest BCUT2D eigenvalue weighted by Crippen LogP contribution is 2.35. The number of hydrogen-bond donors (Lipinski definition) is 1. The van der Waals surface area contributed by atoms with E-state index in [4.69, 9.17) is 23.7 Å². The van der Waals surface area contributed by atoms with Crippen molar-refractivity contribution in [1.29, 1.82) is 0 Å². The molecule has 0 radical (unpaired) electrons. The first-order chi connectivity index (χ1) is 14.0. The Hall–Kier alpha value is -3.35. The van der Waals surface area contributed by atoms with Crippen LogP contribution < -0.4 is 29.0 Å². The summed E-state index contributed by atoms with van der Waals surface area (Å²) in [6.07, 6.45) is 3.10. The van der Waals surface area contributed by atoms with Crippen LogP contribution in [0.5, 0.6) is 28.7 Å². The van der Waals surface area contributed by atoms with Crippen molar-refractivity contribution in [3.63, 3.8) is 0 Å². The molecule has 7 nitrogen and oxygen atoms in total. The normalized spacial score (nSPS) is 11.7. The van der Waals surface area contributed by atoms with E-state index in [0.717, 1.165) is 5.56 Å². The van der Waals surface area contributed by atoms with Crippen LogP contribution in [0.2, 0.25) is 0 Å². The molecule has 7 heteroatoms. The maximum atomic E-state index is 12.5. The molecule has 0 heterocycles. The average molecular weight is 401 g/mol. The Bertz CT molecular complexity index is 878. The van der Waals surface area contributed by atoms with Crippen LogP contribution in [0.4, 0.5) is 0 Å². The molecular weight excluding hydrogens is 374 g/mol. The summed E-state index contributed by atoms with van der Waals surface area (Å²) in [7, 11) is 7.83. The maximum Gasteiger partial charge on any atom is 0.244 e. The molecule has 2 aromatic carbocycles. The van der Waals surface area contributed by atoms with Crippen LogP contribution in [0.3, 0.4) is 0 Å². The zero-order valence-corrected chi connectivity index (χ0v) is 17.6. The van der Waals surface area contributed by atoms with Crippen LogP contribution in [0, 0.1) is 0 Å². The summed E-state index contributed by atoms with van der Waals surface area (Å²) < 4.78 is 26.6. The van der Waals surface area contributed by atoms with E-state index in [1.807, 2.05) is 13.0 Å². The van der Waals surface area contributed by atoms with E-state index in [1.54, 1.807) is 65.9 Å². The van der Waals surface area contributed by atoms with Crippen molar-refractivity contribution < 1.29 is 28.5 Å². The molecule has 0 aliphatic heterocycles. The average Bonchev–Trinajstić information content (AvgIpc) is 2.76. The smallest absolute Gasteiger partial charge is 0.244 e. The second kappa shape index (κ2) is 10.3. The van der Waals surface area contributed by atoms with E-state index < -0.39 is 0 Å². The van der Waals surface area contributed by atoms with Crippen molar-refractivity contribution in [2.45, 2.75) is 13.0 Å². The van der Waals surface area contributed by atoms with E-state index in [0.29, 0.717) is 34.3 Å². The lowest BCUT2D eigenvalue weighted by atomic mass is 10.1. The number of carbonyl (C=O) groups excluding carboxylic acids is 1. The highest BCUT2D eigenvalue weighted by atomic mass is 16.5. The highest BCUT2D eigenvalue weighted by Gasteiger charge is 2.15. The quantitative estimate of drug-likeness (QED) is 0.647. The van der Waals surface area contributed by atoms with Gasteiger partial charge in [-0.05, 0) is 37.3 Å². The Morgan fingerprint density at radius 2 is 1.45 bits per heavy atom. The van der Waals surface area contributed by atoms with Crippen molar-refractivity contribution in [3.8, 4) is 28.7 Å². The molecule has 0 aromatic heterocycles. The van der Waals surface area contributed by atoms with Gasteiger partial charge >= 0.3 is 0 Å². The molecule has 1 N–H and O–H groups in total. The van der Waals surface area contributed by atoms with Crippen molar-refractivity contribution in [2.75, 3.05) is 35.5 Å². The number of benzene rings is 2. The molecule has 1 amide bonds. The zero-order valence-electron chi connectivity index (χ0n) is 17.6. The molecule has 1 atom stereocenters. The fourth-order valence-electron chi connectivity index (χ4n) is 2.87. The van der Waals surface area contributed by atoms with Crippen LogP contribution in [0.1, 0.15) is 24.1 Å². The van der Waals surface area contributed by atoms with Gasteiger partial charge in [0.1, 0.15) is 17.2 Å². The van der Waals surface area contributed by atoms with E-state index in [2.05, 4.69) is 5.32 Å². The second-order valence-electron chi connectivity index (χ2n) is 6.12. The molecule has 0 saturated carbocycles. The number of ether oxygens (including phenoxy) is 5. The van der Waals surface area contributed by atoms with Crippen molar-refractivity contribution >= 4 is 12.0 Å². The minimum atomic E-state index is -0.288. The standard InChI is InChI=1S/C22H27NO6/c1-14(17-12-16(25-2)8-9-18(17)26-3)23-22(24)10-7-15-11-20(28-5)21(29-6)13-19(15)27-4/h7-14H,1-6H3,(H,23,24)/b10-7+/t14-/m0/s1. The minimum absolute atomic E-state index is 0.265. The second-order valence-corrected chi connectivity index (χ2v) is 6.12. The number of nitrogens with one attached hydrogen (secondary N) is 1. The lowest BCUT2D eigenvalue weighted by molar-refractivity contribution is -0.117. The minimum Gasteiger partial charge on any atom is -0.497 e. The number of amides is 1. The Morgan fingerprint density at radius 1 is 0.828 bits per heavy atom. The van der Waals surface area contributed by atoms with Crippen LogP contribution in [-0.2, 0) is 4.79 Å². The van der Waals surface area contributed by atoms with Crippen molar-refractivity contribution in [2.24, 2.45) is 0 Å². The summed E-state index contributed by atoms with van der Waals surface area (Å²) in [6.45, 7) is 1.88. The highest BCUT2D eigenvalue weighted by molar-refractivity contribution is 5.92. The van der Waals surface area contributed by atoms with E-state index in [1.165, 1.54) is 6.08 Å². The summed E-state index contributed by atoms with van der Waals surface area (Å²) in [4.78, 5) is 12.5. The molecule has 2 aromatic rings. The molecule has 29 heavy (non-hydrogen) atoms. The van der Waals surface area contributed by atoms with Gasteiger partial charge in [0.25, 0.3) is 0 Å². The van der Waals surface area contributed by atoms with Gasteiger partial charge in [0.15, 0.2) is 11.5 Å². The predicted octanol–water partition coefficient (Wildman–Crippen LogP) is 3.62. The van der Waals surface area contributed by atoms with E-state index >= 15 is 0 Å². The molecule has 0 fully saturated rings. The largest absolute Gasteiger partial charge is 0.497 e. The third-order valence-corrected chi connectivity index (χ3v) is 4.41. The Morgan fingerprint density at radius 3 is 2.03 bits per heavy atom. The topological polar surface area (TPSA) is 75.3 Å². The van der Waals surface area contributed by atoms with Gasteiger partial charge in [-0.15, -0.1) is 0 Å². The first-order valence-electron chi connectivity index (χ1n) is 8.97. The predicted molar refractivity (Wildman–Crippen MR) is 111 cm³/mol. The molecule has 0 saturated heterocycles.